The zero-order valence-corrected chi connectivity index (χ0v) is 12.0. The fourth-order valence-corrected chi connectivity index (χ4v) is 2.69. The minimum absolute atomic E-state index is 0.449. The Bertz CT molecular complexity index is 371. The van der Waals surface area contributed by atoms with Crippen molar-refractivity contribution in [3.05, 3.63) is 6.07 Å². The van der Waals surface area contributed by atoms with Crippen LogP contribution in [0, 0.1) is 0 Å². The van der Waals surface area contributed by atoms with E-state index in [2.05, 4.69) is 26.9 Å². The summed E-state index contributed by atoms with van der Waals surface area (Å²) in [5.74, 6) is 1.77. The average Bonchev–Trinajstić information content (AvgIpc) is 3.16. The van der Waals surface area contributed by atoms with Crippen molar-refractivity contribution in [3.63, 3.8) is 0 Å². The highest BCUT2D eigenvalue weighted by atomic mass is 32.2. The highest BCUT2D eigenvalue weighted by Crippen LogP contribution is 2.46. The first-order valence-corrected chi connectivity index (χ1v) is 8.06. The van der Waals surface area contributed by atoms with Gasteiger partial charge in [-0.3, -0.25) is 0 Å². The van der Waals surface area contributed by atoms with E-state index >= 15 is 0 Å². The molecule has 94 valence electrons. The summed E-state index contributed by atoms with van der Waals surface area (Å²) in [4.78, 5) is 8.80. The molecule has 6 heteroatoms. The van der Waals surface area contributed by atoms with E-state index in [0.717, 1.165) is 23.3 Å². The van der Waals surface area contributed by atoms with E-state index in [-0.39, 0.29) is 0 Å². The predicted octanol–water partition coefficient (Wildman–Crippen LogP) is 2.55. The summed E-state index contributed by atoms with van der Waals surface area (Å²) in [7, 11) is 1.88. The van der Waals surface area contributed by atoms with Crippen LogP contribution in [0.15, 0.2) is 11.2 Å². The second-order valence-electron chi connectivity index (χ2n) is 4.12. The molecule has 0 saturated heterocycles. The molecule has 1 aliphatic rings. The monoisotopic (exact) mass is 270 g/mol. The minimum atomic E-state index is 0.449. The third-order valence-corrected chi connectivity index (χ3v) is 4.94. The molecule has 1 saturated carbocycles. The lowest BCUT2D eigenvalue weighted by atomic mass is 10.4. The van der Waals surface area contributed by atoms with Crippen LogP contribution >= 0.6 is 23.5 Å². The first-order valence-electron chi connectivity index (χ1n) is 5.61. The van der Waals surface area contributed by atoms with Gasteiger partial charge in [-0.1, -0.05) is 11.8 Å². The van der Waals surface area contributed by atoms with Crippen LogP contribution in [0.2, 0.25) is 0 Å². The third kappa shape index (κ3) is 3.19. The number of thioether (sulfide) groups is 2. The number of nitrogens with zero attached hydrogens (tertiary/aromatic N) is 2. The molecule has 1 heterocycles. The zero-order valence-electron chi connectivity index (χ0n) is 10.4. The first kappa shape index (κ1) is 12.8. The Hall–Kier alpha value is -0.620. The van der Waals surface area contributed by atoms with E-state index < -0.39 is 0 Å². The van der Waals surface area contributed by atoms with Crippen molar-refractivity contribution in [2.75, 3.05) is 36.7 Å². The van der Waals surface area contributed by atoms with Crippen LogP contribution in [0.1, 0.15) is 12.8 Å². The Kier molecular flexibility index (Phi) is 4.04. The van der Waals surface area contributed by atoms with Crippen molar-refractivity contribution in [1.29, 1.82) is 0 Å². The lowest BCUT2D eigenvalue weighted by molar-refractivity contribution is 0.912. The summed E-state index contributed by atoms with van der Waals surface area (Å²) in [5, 5.41) is 7.28. The van der Waals surface area contributed by atoms with Crippen LogP contribution in [-0.2, 0) is 0 Å². The largest absolute Gasteiger partial charge is 0.373 e. The van der Waals surface area contributed by atoms with Gasteiger partial charge in [0.1, 0.15) is 11.6 Å². The number of nitrogens with one attached hydrogen (secondary N) is 2. The standard InChI is InChI=1S/C11H18N4S2/c1-12-8-6-9(15-10(14-8)16-2)13-7-11(17-3)4-5-11/h6H,4-5,7H2,1-3H3,(H2,12,13,14,15). The fourth-order valence-electron chi connectivity index (χ4n) is 1.58. The molecule has 0 aliphatic heterocycles. The molecule has 1 aromatic rings. The molecule has 0 radical (unpaired) electrons. The van der Waals surface area contributed by atoms with Crippen LogP contribution in [0.5, 0.6) is 0 Å². The van der Waals surface area contributed by atoms with Crippen molar-refractivity contribution in [2.24, 2.45) is 0 Å². The highest BCUT2D eigenvalue weighted by molar-refractivity contribution is 8.00. The zero-order chi connectivity index (χ0) is 12.3. The van der Waals surface area contributed by atoms with E-state index in [1.54, 1.807) is 11.8 Å². The molecule has 1 aromatic heterocycles. The quantitative estimate of drug-likeness (QED) is 0.612. The van der Waals surface area contributed by atoms with E-state index in [4.69, 9.17) is 0 Å². The van der Waals surface area contributed by atoms with E-state index in [1.165, 1.54) is 12.8 Å². The Morgan fingerprint density at radius 1 is 1.29 bits per heavy atom. The van der Waals surface area contributed by atoms with Crippen molar-refractivity contribution < 1.29 is 0 Å². The van der Waals surface area contributed by atoms with Gasteiger partial charge < -0.3 is 10.6 Å². The molecule has 2 N–H and O–H groups in total. The van der Waals surface area contributed by atoms with Gasteiger partial charge in [-0.2, -0.15) is 11.8 Å². The number of hydrogen-bond donors (Lipinski definition) is 2. The first-order chi connectivity index (χ1) is 8.21. The van der Waals surface area contributed by atoms with E-state index in [1.807, 2.05) is 31.1 Å². The molecule has 0 atom stereocenters. The molecule has 0 amide bonds. The smallest absolute Gasteiger partial charge is 0.191 e. The van der Waals surface area contributed by atoms with Gasteiger partial charge in [-0.15, -0.1) is 0 Å². The SMILES string of the molecule is CNc1cc(NCC2(SC)CC2)nc(SC)n1. The van der Waals surface area contributed by atoms with Crippen LogP contribution < -0.4 is 10.6 Å². The predicted molar refractivity (Wildman–Crippen MR) is 77.3 cm³/mol. The van der Waals surface area contributed by atoms with Gasteiger partial charge in [-0.25, -0.2) is 9.97 Å². The molecule has 1 fully saturated rings. The van der Waals surface area contributed by atoms with Crippen LogP contribution in [0.25, 0.3) is 0 Å². The Morgan fingerprint density at radius 2 is 2.00 bits per heavy atom. The van der Waals surface area contributed by atoms with E-state index in [0.29, 0.717) is 4.75 Å². The lowest BCUT2D eigenvalue weighted by Gasteiger charge is -2.14. The minimum Gasteiger partial charge on any atom is -0.373 e. The van der Waals surface area contributed by atoms with Crippen LogP contribution in [0.4, 0.5) is 11.6 Å². The Morgan fingerprint density at radius 3 is 2.53 bits per heavy atom. The molecule has 0 bridgehead atoms. The number of anilines is 2. The topological polar surface area (TPSA) is 49.8 Å². The van der Waals surface area contributed by atoms with Gasteiger partial charge in [0.2, 0.25) is 0 Å². The summed E-state index contributed by atoms with van der Waals surface area (Å²) in [6.07, 6.45) is 6.78. The fraction of sp³-hybridized carbons (Fsp3) is 0.636. The summed E-state index contributed by atoms with van der Waals surface area (Å²) in [5.41, 5.74) is 0. The maximum atomic E-state index is 4.46. The lowest BCUT2D eigenvalue weighted by Crippen LogP contribution is -2.18. The molecule has 17 heavy (non-hydrogen) atoms. The van der Waals surface area contributed by atoms with Gasteiger partial charge in [0.25, 0.3) is 0 Å². The molecule has 0 unspecified atom stereocenters. The van der Waals surface area contributed by atoms with E-state index in [9.17, 15) is 0 Å². The maximum absolute atomic E-state index is 4.46. The van der Waals surface area contributed by atoms with Gasteiger partial charge >= 0.3 is 0 Å². The summed E-state index contributed by atoms with van der Waals surface area (Å²) >= 11 is 3.51. The second-order valence-corrected chi connectivity index (χ2v) is 6.16. The van der Waals surface area contributed by atoms with Crippen molar-refractivity contribution >= 4 is 35.2 Å². The van der Waals surface area contributed by atoms with Gasteiger partial charge in [0.15, 0.2) is 5.16 Å². The normalized spacial score (nSPS) is 16.6. The molecular formula is C11H18N4S2. The highest BCUT2D eigenvalue weighted by Gasteiger charge is 2.41. The number of rotatable bonds is 6. The van der Waals surface area contributed by atoms with Gasteiger partial charge in [0, 0.05) is 24.4 Å². The number of aromatic nitrogens is 2. The molecule has 4 nitrogen and oxygen atoms in total. The number of hydrogen-bond acceptors (Lipinski definition) is 6. The second kappa shape index (κ2) is 5.35. The average molecular weight is 270 g/mol. The van der Waals surface area contributed by atoms with Crippen molar-refractivity contribution in [3.8, 4) is 0 Å². The van der Waals surface area contributed by atoms with Gasteiger partial charge in [-0.05, 0) is 25.4 Å². The molecule has 0 spiro atoms. The maximum Gasteiger partial charge on any atom is 0.191 e. The van der Waals surface area contributed by atoms with Crippen LogP contribution in [0.3, 0.4) is 0 Å². The van der Waals surface area contributed by atoms with Crippen molar-refractivity contribution in [1.82, 2.24) is 9.97 Å². The Balaban J connectivity index is 2.04. The van der Waals surface area contributed by atoms with Crippen molar-refractivity contribution in [2.45, 2.75) is 22.7 Å². The molecule has 1 aliphatic carbocycles. The Labute approximate surface area is 111 Å². The van der Waals surface area contributed by atoms with Gasteiger partial charge in [0.05, 0.1) is 0 Å². The molecular weight excluding hydrogens is 252 g/mol. The molecule has 2 rings (SSSR count). The summed E-state index contributed by atoms with van der Waals surface area (Å²) in [6, 6.07) is 1.95. The van der Waals surface area contributed by atoms with Crippen LogP contribution in [-0.4, -0.2) is 40.8 Å². The third-order valence-electron chi connectivity index (χ3n) is 2.98. The summed E-state index contributed by atoms with van der Waals surface area (Å²) < 4.78 is 0.449. The summed E-state index contributed by atoms with van der Waals surface area (Å²) in [6.45, 7) is 0.988. The molecule has 0 aromatic carbocycles.